The van der Waals surface area contributed by atoms with Gasteiger partial charge in [-0.05, 0) is 12.8 Å². The molecule has 4 fully saturated rings. The van der Waals surface area contributed by atoms with Crippen molar-refractivity contribution < 1.29 is 19.1 Å². The summed E-state index contributed by atoms with van der Waals surface area (Å²) in [5.41, 5.74) is 0. The highest BCUT2D eigenvalue weighted by atomic mass is 16.5. The van der Waals surface area contributed by atoms with Gasteiger partial charge < -0.3 is 9.47 Å². The van der Waals surface area contributed by atoms with Crippen molar-refractivity contribution in [1.82, 2.24) is 9.80 Å². The lowest BCUT2D eigenvalue weighted by Crippen LogP contribution is -2.44. The molecule has 6 heteroatoms. The van der Waals surface area contributed by atoms with E-state index in [2.05, 4.69) is 4.90 Å². The number of hydrogen-bond acceptors (Lipinski definition) is 5. The maximum absolute atomic E-state index is 12.4. The van der Waals surface area contributed by atoms with E-state index < -0.39 is 0 Å². The number of amides is 2. The fourth-order valence-electron chi connectivity index (χ4n) is 4.06. The molecule has 4 aliphatic rings. The fraction of sp³-hybridized carbons (Fsp3) is 0.857. The summed E-state index contributed by atoms with van der Waals surface area (Å²) in [6, 6.07) is 0. The van der Waals surface area contributed by atoms with Crippen LogP contribution in [0.5, 0.6) is 0 Å². The summed E-state index contributed by atoms with van der Waals surface area (Å²) in [6.07, 6.45) is 1.86. The first kappa shape index (κ1) is 12.7. The third kappa shape index (κ3) is 1.82. The van der Waals surface area contributed by atoms with Gasteiger partial charge >= 0.3 is 0 Å². The molecule has 20 heavy (non-hydrogen) atoms. The van der Waals surface area contributed by atoms with Gasteiger partial charge in [0.25, 0.3) is 0 Å². The van der Waals surface area contributed by atoms with E-state index >= 15 is 0 Å². The van der Waals surface area contributed by atoms with Gasteiger partial charge in [0.2, 0.25) is 11.8 Å². The van der Waals surface area contributed by atoms with Crippen LogP contribution < -0.4 is 0 Å². The van der Waals surface area contributed by atoms with Gasteiger partial charge in [0, 0.05) is 26.2 Å². The Bertz CT molecular complexity index is 407. The van der Waals surface area contributed by atoms with Gasteiger partial charge in [0.05, 0.1) is 37.3 Å². The Morgan fingerprint density at radius 2 is 1.55 bits per heavy atom. The Hall–Kier alpha value is -0.980. The molecule has 0 spiro atoms. The number of nitrogens with zero attached hydrogens (tertiary/aromatic N) is 2. The molecular weight excluding hydrogens is 260 g/mol. The van der Waals surface area contributed by atoms with Crippen LogP contribution in [0.15, 0.2) is 0 Å². The van der Waals surface area contributed by atoms with Gasteiger partial charge in [-0.1, -0.05) is 0 Å². The standard InChI is InChI=1S/C14H20N2O4/c17-13-11-9-1-2-10(20-9)12(11)14(18)16(13)4-3-15-5-7-19-8-6-15/h9-12H,1-8H2/t9-,10-,11?,12?/m1/s1. The number of likely N-dealkylation sites (tertiary alicyclic amines) is 1. The molecule has 0 radical (unpaired) electrons. The van der Waals surface area contributed by atoms with Crippen molar-refractivity contribution in [2.24, 2.45) is 11.8 Å². The first-order valence-electron chi connectivity index (χ1n) is 7.56. The maximum Gasteiger partial charge on any atom is 0.235 e. The first-order valence-corrected chi connectivity index (χ1v) is 7.56. The van der Waals surface area contributed by atoms with Crippen molar-refractivity contribution in [1.29, 1.82) is 0 Å². The number of rotatable bonds is 3. The van der Waals surface area contributed by atoms with Crippen molar-refractivity contribution >= 4 is 11.8 Å². The van der Waals surface area contributed by atoms with Crippen LogP contribution in [0.25, 0.3) is 0 Å². The smallest absolute Gasteiger partial charge is 0.235 e. The molecule has 4 atom stereocenters. The van der Waals surface area contributed by atoms with E-state index in [-0.39, 0.29) is 35.9 Å². The zero-order chi connectivity index (χ0) is 13.7. The maximum atomic E-state index is 12.4. The SMILES string of the molecule is O=C1C2C(C(=O)N1CCN1CCOCC1)[C@H]1CC[C@H]2O1. The Kier molecular flexibility index (Phi) is 3.05. The molecule has 110 valence electrons. The van der Waals surface area contributed by atoms with Crippen LogP contribution >= 0.6 is 0 Å². The highest BCUT2D eigenvalue weighted by Crippen LogP contribution is 2.48. The number of imide groups is 1. The third-order valence-corrected chi connectivity index (χ3v) is 5.12. The number of carbonyl (C=O) groups is 2. The second-order valence-electron chi connectivity index (χ2n) is 6.12. The topological polar surface area (TPSA) is 59.1 Å². The van der Waals surface area contributed by atoms with Gasteiger partial charge in [-0.2, -0.15) is 0 Å². The highest BCUT2D eigenvalue weighted by Gasteiger charge is 2.62. The van der Waals surface area contributed by atoms with E-state index in [1.165, 1.54) is 4.90 Å². The molecule has 4 heterocycles. The minimum absolute atomic E-state index is 0.000425. The normalized spacial score (nSPS) is 40.7. The van der Waals surface area contributed by atoms with E-state index in [1.54, 1.807) is 0 Å². The second-order valence-corrected chi connectivity index (χ2v) is 6.12. The van der Waals surface area contributed by atoms with Crippen molar-refractivity contribution in [3.8, 4) is 0 Å². The number of hydrogen-bond donors (Lipinski definition) is 0. The van der Waals surface area contributed by atoms with Crippen molar-refractivity contribution in [2.45, 2.75) is 25.0 Å². The van der Waals surface area contributed by atoms with Gasteiger partial charge in [0.15, 0.2) is 0 Å². The van der Waals surface area contributed by atoms with Gasteiger partial charge in [-0.3, -0.25) is 19.4 Å². The second kappa shape index (κ2) is 4.79. The number of fused-ring (bicyclic) bond motifs is 5. The number of morpholine rings is 1. The predicted molar refractivity (Wildman–Crippen MR) is 68.9 cm³/mol. The summed E-state index contributed by atoms with van der Waals surface area (Å²) in [5.74, 6) is -0.377. The molecule has 2 amide bonds. The molecule has 0 aliphatic carbocycles. The minimum atomic E-state index is -0.189. The quantitative estimate of drug-likeness (QED) is 0.651. The van der Waals surface area contributed by atoms with Crippen LogP contribution in [0.2, 0.25) is 0 Å². The Morgan fingerprint density at radius 1 is 0.950 bits per heavy atom. The summed E-state index contributed by atoms with van der Waals surface area (Å²) < 4.78 is 11.0. The van der Waals surface area contributed by atoms with Crippen LogP contribution in [-0.2, 0) is 19.1 Å². The molecule has 0 N–H and O–H groups in total. The van der Waals surface area contributed by atoms with Crippen LogP contribution in [-0.4, -0.2) is 73.2 Å². The summed E-state index contributed by atoms with van der Waals surface area (Å²) in [5, 5.41) is 0. The van der Waals surface area contributed by atoms with E-state index in [1.807, 2.05) is 0 Å². The summed E-state index contributed by atoms with van der Waals surface area (Å²) in [6.45, 7) is 4.53. The number of carbonyl (C=O) groups excluding carboxylic acids is 2. The van der Waals surface area contributed by atoms with Gasteiger partial charge in [0.1, 0.15) is 0 Å². The predicted octanol–water partition coefficient (Wildman–Crippen LogP) is -0.519. The fourth-order valence-corrected chi connectivity index (χ4v) is 4.06. The molecule has 4 aliphatic heterocycles. The molecule has 2 unspecified atom stereocenters. The Morgan fingerprint density at radius 3 is 2.15 bits per heavy atom. The molecule has 2 bridgehead atoms. The zero-order valence-electron chi connectivity index (χ0n) is 11.5. The lowest BCUT2D eigenvalue weighted by molar-refractivity contribution is -0.142. The lowest BCUT2D eigenvalue weighted by atomic mass is 9.81. The van der Waals surface area contributed by atoms with Crippen molar-refractivity contribution in [3.05, 3.63) is 0 Å². The molecule has 0 saturated carbocycles. The number of ether oxygens (including phenoxy) is 2. The average Bonchev–Trinajstić information content (AvgIpc) is 3.13. The van der Waals surface area contributed by atoms with Crippen molar-refractivity contribution in [3.63, 3.8) is 0 Å². The molecule has 6 nitrogen and oxygen atoms in total. The minimum Gasteiger partial charge on any atom is -0.379 e. The van der Waals surface area contributed by atoms with E-state index in [0.29, 0.717) is 6.54 Å². The molecule has 4 saturated heterocycles. The average molecular weight is 280 g/mol. The van der Waals surface area contributed by atoms with Gasteiger partial charge in [-0.25, -0.2) is 0 Å². The monoisotopic (exact) mass is 280 g/mol. The van der Waals surface area contributed by atoms with Crippen molar-refractivity contribution in [2.75, 3.05) is 39.4 Å². The van der Waals surface area contributed by atoms with E-state index in [9.17, 15) is 9.59 Å². The largest absolute Gasteiger partial charge is 0.379 e. The van der Waals surface area contributed by atoms with E-state index in [0.717, 1.165) is 45.7 Å². The molecule has 0 aromatic heterocycles. The molecule has 4 rings (SSSR count). The lowest BCUT2D eigenvalue weighted by Gasteiger charge is -2.28. The molecule has 0 aromatic rings. The summed E-state index contributed by atoms with van der Waals surface area (Å²) in [7, 11) is 0. The van der Waals surface area contributed by atoms with Crippen LogP contribution in [0.1, 0.15) is 12.8 Å². The van der Waals surface area contributed by atoms with Gasteiger partial charge in [-0.15, -0.1) is 0 Å². The van der Waals surface area contributed by atoms with Crippen LogP contribution in [0.4, 0.5) is 0 Å². The summed E-state index contributed by atoms with van der Waals surface area (Å²) >= 11 is 0. The highest BCUT2D eigenvalue weighted by molar-refractivity contribution is 6.06. The Balaban J connectivity index is 1.41. The van der Waals surface area contributed by atoms with E-state index in [4.69, 9.17) is 9.47 Å². The zero-order valence-corrected chi connectivity index (χ0v) is 11.5. The van der Waals surface area contributed by atoms with Crippen LogP contribution in [0, 0.1) is 11.8 Å². The Labute approximate surface area is 118 Å². The molecule has 0 aromatic carbocycles. The first-order chi connectivity index (χ1) is 9.75. The van der Waals surface area contributed by atoms with Crippen LogP contribution in [0.3, 0.4) is 0 Å². The third-order valence-electron chi connectivity index (χ3n) is 5.12. The molecular formula is C14H20N2O4. The summed E-state index contributed by atoms with van der Waals surface area (Å²) in [4.78, 5) is 28.6.